The minimum absolute atomic E-state index is 0.0589. The van der Waals surface area contributed by atoms with Gasteiger partial charge in [-0.05, 0) is 18.4 Å². The molecule has 0 radical (unpaired) electrons. The van der Waals surface area contributed by atoms with Crippen LogP contribution in [-0.4, -0.2) is 39.5 Å². The first-order valence-electron chi connectivity index (χ1n) is 5.02. The Bertz CT molecular complexity index is 406. The summed E-state index contributed by atoms with van der Waals surface area (Å²) in [4.78, 5) is 11.1. The topological polar surface area (TPSA) is 45.5 Å². The lowest BCUT2D eigenvalue weighted by Crippen LogP contribution is -2.44. The zero-order chi connectivity index (χ0) is 11.7. The SMILES string of the molecule is Cn1cc(SN2CCC2CO)c(F)c1C=O. The maximum Gasteiger partial charge on any atom is 0.169 e. The average Bonchev–Trinajstić information content (AvgIpc) is 2.49. The van der Waals surface area contributed by atoms with E-state index in [1.807, 2.05) is 4.31 Å². The van der Waals surface area contributed by atoms with Crippen LogP contribution in [0.3, 0.4) is 0 Å². The Morgan fingerprint density at radius 1 is 1.75 bits per heavy atom. The molecule has 0 saturated carbocycles. The molecule has 1 aliphatic rings. The maximum atomic E-state index is 13.7. The largest absolute Gasteiger partial charge is 0.395 e. The van der Waals surface area contributed by atoms with E-state index >= 15 is 0 Å². The summed E-state index contributed by atoms with van der Waals surface area (Å²) in [6.45, 7) is 0.919. The summed E-state index contributed by atoms with van der Waals surface area (Å²) in [7, 11) is 1.64. The number of nitrogens with zero attached hydrogens (tertiary/aromatic N) is 2. The Morgan fingerprint density at radius 3 is 2.94 bits per heavy atom. The van der Waals surface area contributed by atoms with Crippen LogP contribution in [0.2, 0.25) is 0 Å². The van der Waals surface area contributed by atoms with Crippen LogP contribution in [0.5, 0.6) is 0 Å². The van der Waals surface area contributed by atoms with Gasteiger partial charge in [0.1, 0.15) is 5.69 Å². The molecule has 1 N–H and O–H groups in total. The molecule has 1 aromatic rings. The van der Waals surface area contributed by atoms with Crippen molar-refractivity contribution in [1.82, 2.24) is 8.87 Å². The zero-order valence-electron chi connectivity index (χ0n) is 8.89. The highest BCUT2D eigenvalue weighted by Gasteiger charge is 2.29. The van der Waals surface area contributed by atoms with E-state index in [9.17, 15) is 9.18 Å². The van der Waals surface area contributed by atoms with Gasteiger partial charge in [-0.3, -0.25) is 4.79 Å². The van der Waals surface area contributed by atoms with Crippen molar-refractivity contribution in [3.05, 3.63) is 17.7 Å². The van der Waals surface area contributed by atoms with Crippen molar-refractivity contribution in [2.24, 2.45) is 7.05 Å². The molecule has 1 atom stereocenters. The summed E-state index contributed by atoms with van der Waals surface area (Å²) in [6.07, 6.45) is 3.04. The van der Waals surface area contributed by atoms with Crippen molar-refractivity contribution in [3.8, 4) is 0 Å². The molecule has 1 saturated heterocycles. The maximum absolute atomic E-state index is 13.7. The first-order valence-corrected chi connectivity index (χ1v) is 5.80. The Labute approximate surface area is 97.2 Å². The Morgan fingerprint density at radius 2 is 2.50 bits per heavy atom. The molecule has 1 fully saturated rings. The fraction of sp³-hybridized carbons (Fsp3) is 0.500. The number of carbonyl (C=O) groups is 1. The van der Waals surface area contributed by atoms with Gasteiger partial charge >= 0.3 is 0 Å². The Kier molecular flexibility index (Phi) is 3.32. The van der Waals surface area contributed by atoms with Crippen molar-refractivity contribution in [1.29, 1.82) is 0 Å². The molecule has 0 bridgehead atoms. The molecule has 0 aromatic carbocycles. The number of hydrogen-bond acceptors (Lipinski definition) is 4. The van der Waals surface area contributed by atoms with Crippen molar-refractivity contribution in [2.45, 2.75) is 17.4 Å². The highest BCUT2D eigenvalue weighted by molar-refractivity contribution is 7.97. The molecule has 4 nitrogen and oxygen atoms in total. The van der Waals surface area contributed by atoms with Crippen LogP contribution >= 0.6 is 11.9 Å². The van der Waals surface area contributed by atoms with Crippen LogP contribution < -0.4 is 0 Å². The fourth-order valence-electron chi connectivity index (χ4n) is 1.63. The van der Waals surface area contributed by atoms with Crippen LogP contribution in [-0.2, 0) is 7.05 Å². The molecule has 2 rings (SSSR count). The molecule has 1 unspecified atom stereocenters. The lowest BCUT2D eigenvalue weighted by atomic mass is 10.1. The van der Waals surface area contributed by atoms with Crippen LogP contribution in [0.1, 0.15) is 16.9 Å². The van der Waals surface area contributed by atoms with Gasteiger partial charge in [0.05, 0.1) is 11.5 Å². The zero-order valence-corrected chi connectivity index (χ0v) is 9.71. The summed E-state index contributed by atoms with van der Waals surface area (Å²) >= 11 is 1.26. The number of halogens is 1. The Hall–Kier alpha value is -0.850. The van der Waals surface area contributed by atoms with Gasteiger partial charge in [-0.25, -0.2) is 8.70 Å². The van der Waals surface area contributed by atoms with E-state index in [1.165, 1.54) is 16.5 Å². The van der Waals surface area contributed by atoms with Gasteiger partial charge in [0.25, 0.3) is 0 Å². The van der Waals surface area contributed by atoms with Crippen molar-refractivity contribution in [3.63, 3.8) is 0 Å². The minimum atomic E-state index is -0.480. The average molecular weight is 244 g/mol. The highest BCUT2D eigenvalue weighted by atomic mass is 32.2. The molecule has 16 heavy (non-hydrogen) atoms. The molecule has 0 amide bonds. The van der Waals surface area contributed by atoms with E-state index in [0.717, 1.165) is 13.0 Å². The van der Waals surface area contributed by atoms with Gasteiger partial charge in [0.2, 0.25) is 0 Å². The minimum Gasteiger partial charge on any atom is -0.395 e. The van der Waals surface area contributed by atoms with Gasteiger partial charge in [0.15, 0.2) is 12.1 Å². The summed E-state index contributed by atoms with van der Waals surface area (Å²) in [5, 5.41) is 9.00. The van der Waals surface area contributed by atoms with E-state index in [2.05, 4.69) is 0 Å². The number of aromatic nitrogens is 1. The van der Waals surface area contributed by atoms with Gasteiger partial charge in [0, 0.05) is 25.8 Å². The molecular formula is C10H13FN2O2S. The second-order valence-electron chi connectivity index (χ2n) is 3.78. The van der Waals surface area contributed by atoms with Gasteiger partial charge in [-0.1, -0.05) is 0 Å². The number of rotatable bonds is 4. The molecule has 6 heteroatoms. The Balaban J connectivity index is 2.13. The first-order chi connectivity index (χ1) is 7.67. The van der Waals surface area contributed by atoms with Crippen LogP contribution in [0.15, 0.2) is 11.1 Å². The molecule has 0 aliphatic carbocycles. The third-order valence-electron chi connectivity index (χ3n) is 2.76. The first kappa shape index (κ1) is 11.6. The second kappa shape index (κ2) is 4.57. The van der Waals surface area contributed by atoms with E-state index < -0.39 is 5.82 Å². The lowest BCUT2D eigenvalue weighted by Gasteiger charge is -2.38. The third-order valence-corrected chi connectivity index (χ3v) is 3.96. The standard InChI is InChI=1S/C10H13FN2O2S/c1-12-4-9(10(11)8(12)6-15)16-13-3-2-7(13)5-14/h4,6-7,14H,2-3,5H2,1H3. The summed E-state index contributed by atoms with van der Waals surface area (Å²) < 4.78 is 17.1. The number of carbonyl (C=O) groups excluding carboxylic acids is 1. The van der Waals surface area contributed by atoms with Crippen molar-refractivity contribution >= 4 is 18.2 Å². The van der Waals surface area contributed by atoms with E-state index in [-0.39, 0.29) is 18.3 Å². The van der Waals surface area contributed by atoms with E-state index in [4.69, 9.17) is 5.11 Å². The van der Waals surface area contributed by atoms with E-state index in [0.29, 0.717) is 11.2 Å². The van der Waals surface area contributed by atoms with Gasteiger partial charge in [-0.15, -0.1) is 0 Å². The van der Waals surface area contributed by atoms with Gasteiger partial charge in [-0.2, -0.15) is 0 Å². The number of hydrogen-bond donors (Lipinski definition) is 1. The number of aryl methyl sites for hydroxylation is 1. The quantitative estimate of drug-likeness (QED) is 0.635. The third kappa shape index (κ3) is 1.88. The molecule has 2 heterocycles. The van der Waals surface area contributed by atoms with Crippen LogP contribution in [0.25, 0.3) is 0 Å². The fourth-order valence-corrected chi connectivity index (χ4v) is 2.79. The van der Waals surface area contributed by atoms with Gasteiger partial charge < -0.3 is 9.67 Å². The summed E-state index contributed by atoms with van der Waals surface area (Å²) in [6, 6.07) is 0.101. The normalized spacial score (nSPS) is 20.8. The molecule has 1 aromatic heterocycles. The van der Waals surface area contributed by atoms with Crippen LogP contribution in [0.4, 0.5) is 4.39 Å². The number of aliphatic hydroxyl groups is 1. The summed E-state index contributed by atoms with van der Waals surface area (Å²) in [5.74, 6) is -0.480. The van der Waals surface area contributed by atoms with Crippen molar-refractivity contribution < 1.29 is 14.3 Å². The monoisotopic (exact) mass is 244 g/mol. The van der Waals surface area contributed by atoms with Crippen LogP contribution in [0, 0.1) is 5.82 Å². The molecule has 88 valence electrons. The van der Waals surface area contributed by atoms with E-state index in [1.54, 1.807) is 13.2 Å². The smallest absolute Gasteiger partial charge is 0.169 e. The predicted molar refractivity (Wildman–Crippen MR) is 58.8 cm³/mol. The predicted octanol–water partition coefficient (Wildman–Crippen LogP) is 1.05. The molecule has 0 spiro atoms. The highest BCUT2D eigenvalue weighted by Crippen LogP contribution is 2.34. The second-order valence-corrected chi connectivity index (χ2v) is 4.87. The van der Waals surface area contributed by atoms with Crippen molar-refractivity contribution in [2.75, 3.05) is 13.2 Å². The number of aldehydes is 1. The molecular weight excluding hydrogens is 231 g/mol. The summed E-state index contributed by atoms with van der Waals surface area (Å²) in [5.41, 5.74) is 0.0589. The molecule has 1 aliphatic heterocycles. The number of aliphatic hydroxyl groups excluding tert-OH is 1. The lowest BCUT2D eigenvalue weighted by molar-refractivity contribution is 0.111.